The van der Waals surface area contributed by atoms with E-state index in [4.69, 9.17) is 4.98 Å². The van der Waals surface area contributed by atoms with Crippen molar-refractivity contribution >= 4 is 11.0 Å². The minimum atomic E-state index is -0.803. The molecule has 1 aliphatic heterocycles. The van der Waals surface area contributed by atoms with Gasteiger partial charge in [-0.1, -0.05) is 18.2 Å². The normalized spacial score (nSPS) is 27.9. The van der Waals surface area contributed by atoms with Gasteiger partial charge in [-0.2, -0.15) is 0 Å². The zero-order chi connectivity index (χ0) is 18.4. The number of fused-ring (bicyclic) bond motifs is 2. The summed E-state index contributed by atoms with van der Waals surface area (Å²) in [6, 6.07) is 12.0. The van der Waals surface area contributed by atoms with Crippen LogP contribution in [0.25, 0.3) is 11.0 Å². The zero-order valence-electron chi connectivity index (χ0n) is 15.5. The summed E-state index contributed by atoms with van der Waals surface area (Å²) in [5.41, 5.74) is 4.01. The van der Waals surface area contributed by atoms with Crippen LogP contribution in [0.4, 0.5) is 0 Å². The molecule has 1 saturated heterocycles. The molecular formula is C22H24N4O. The Morgan fingerprint density at radius 2 is 1.93 bits per heavy atom. The Hall–Kier alpha value is -2.37. The smallest absolute Gasteiger partial charge is 0.111 e. The van der Waals surface area contributed by atoms with Gasteiger partial charge in [0.2, 0.25) is 0 Å². The summed E-state index contributed by atoms with van der Waals surface area (Å²) in [6.45, 7) is 4.70. The monoisotopic (exact) mass is 360 g/mol. The Bertz CT molecular complexity index is 973. The van der Waals surface area contributed by atoms with Gasteiger partial charge in [0.15, 0.2) is 0 Å². The minimum Gasteiger partial charge on any atom is -0.383 e. The Balaban J connectivity index is 1.35. The van der Waals surface area contributed by atoms with E-state index in [0.29, 0.717) is 5.92 Å². The predicted octanol–water partition coefficient (Wildman–Crippen LogP) is 3.06. The van der Waals surface area contributed by atoms with Gasteiger partial charge in [0, 0.05) is 31.7 Å². The van der Waals surface area contributed by atoms with E-state index >= 15 is 0 Å². The standard InChI is InChI=1S/C22H24N4O/c1-15-6-7-21(24-10-15)22(27)9-8-16-12-26(14-18(16)22)13-17-11-23-19-4-2-3-5-20(19)25-17/h2-7,10-11,16,18,27H,8-9,12-14H2,1H3. The highest BCUT2D eigenvalue weighted by Gasteiger charge is 2.53. The Morgan fingerprint density at radius 3 is 2.74 bits per heavy atom. The first-order valence-electron chi connectivity index (χ1n) is 9.70. The van der Waals surface area contributed by atoms with Crippen LogP contribution < -0.4 is 0 Å². The van der Waals surface area contributed by atoms with Gasteiger partial charge in [0.1, 0.15) is 5.60 Å². The maximum atomic E-state index is 11.4. The van der Waals surface area contributed by atoms with Crippen LogP contribution in [0, 0.1) is 18.8 Å². The molecule has 138 valence electrons. The highest BCUT2D eigenvalue weighted by atomic mass is 16.3. The van der Waals surface area contributed by atoms with Gasteiger partial charge >= 0.3 is 0 Å². The summed E-state index contributed by atoms with van der Waals surface area (Å²) in [5.74, 6) is 0.757. The van der Waals surface area contributed by atoms with Crippen molar-refractivity contribution in [2.75, 3.05) is 13.1 Å². The van der Waals surface area contributed by atoms with Crippen molar-refractivity contribution in [3.63, 3.8) is 0 Å². The van der Waals surface area contributed by atoms with Crippen molar-refractivity contribution in [1.82, 2.24) is 19.9 Å². The molecule has 3 aromatic rings. The zero-order valence-corrected chi connectivity index (χ0v) is 15.5. The fraction of sp³-hybridized carbons (Fsp3) is 0.409. The van der Waals surface area contributed by atoms with Crippen LogP contribution in [0.5, 0.6) is 0 Å². The molecule has 2 fully saturated rings. The van der Waals surface area contributed by atoms with E-state index in [-0.39, 0.29) is 5.92 Å². The fourth-order valence-electron chi connectivity index (χ4n) is 4.86. The molecule has 0 spiro atoms. The lowest BCUT2D eigenvalue weighted by atomic mass is 9.85. The average Bonchev–Trinajstić information content (AvgIpc) is 3.22. The molecule has 3 atom stereocenters. The molecule has 1 saturated carbocycles. The van der Waals surface area contributed by atoms with Crippen molar-refractivity contribution in [2.24, 2.45) is 11.8 Å². The molecule has 3 heterocycles. The van der Waals surface area contributed by atoms with Crippen LogP contribution in [0.1, 0.15) is 29.8 Å². The van der Waals surface area contributed by atoms with Crippen LogP contribution in [-0.2, 0) is 12.1 Å². The van der Waals surface area contributed by atoms with Gasteiger partial charge in [-0.15, -0.1) is 0 Å². The van der Waals surface area contributed by atoms with Gasteiger partial charge in [-0.05, 0) is 49.4 Å². The summed E-state index contributed by atoms with van der Waals surface area (Å²) in [6.07, 6.45) is 5.60. The van der Waals surface area contributed by atoms with Crippen molar-refractivity contribution in [3.05, 3.63) is 65.7 Å². The molecule has 1 N–H and O–H groups in total. The number of aryl methyl sites for hydroxylation is 1. The molecule has 1 aromatic carbocycles. The van der Waals surface area contributed by atoms with E-state index in [1.807, 2.05) is 55.7 Å². The molecule has 0 amide bonds. The van der Waals surface area contributed by atoms with Crippen LogP contribution in [-0.4, -0.2) is 38.0 Å². The summed E-state index contributed by atoms with van der Waals surface area (Å²) in [5, 5.41) is 11.4. The summed E-state index contributed by atoms with van der Waals surface area (Å²) < 4.78 is 0. The molecule has 2 aromatic heterocycles. The molecule has 27 heavy (non-hydrogen) atoms. The number of hydrogen-bond acceptors (Lipinski definition) is 5. The number of hydrogen-bond donors (Lipinski definition) is 1. The number of benzene rings is 1. The number of pyridine rings is 1. The number of para-hydroxylation sites is 2. The lowest BCUT2D eigenvalue weighted by molar-refractivity contribution is -0.0109. The third-order valence-electron chi connectivity index (χ3n) is 6.27. The van der Waals surface area contributed by atoms with Crippen LogP contribution >= 0.6 is 0 Å². The minimum absolute atomic E-state index is 0.237. The quantitative estimate of drug-likeness (QED) is 0.778. The molecule has 0 bridgehead atoms. The molecule has 1 aliphatic carbocycles. The van der Waals surface area contributed by atoms with Gasteiger partial charge < -0.3 is 5.11 Å². The largest absolute Gasteiger partial charge is 0.383 e. The molecule has 5 heteroatoms. The number of rotatable bonds is 3. The molecule has 3 unspecified atom stereocenters. The molecule has 5 rings (SSSR count). The lowest BCUT2D eigenvalue weighted by Crippen LogP contribution is -2.35. The van der Waals surface area contributed by atoms with Crippen LogP contribution in [0.15, 0.2) is 48.8 Å². The topological polar surface area (TPSA) is 62.1 Å². The fourth-order valence-corrected chi connectivity index (χ4v) is 4.86. The lowest BCUT2D eigenvalue weighted by Gasteiger charge is -2.29. The van der Waals surface area contributed by atoms with Gasteiger partial charge in [0.05, 0.1) is 28.6 Å². The molecule has 2 aliphatic rings. The van der Waals surface area contributed by atoms with Gasteiger partial charge in [-0.25, -0.2) is 4.98 Å². The van der Waals surface area contributed by atoms with E-state index in [2.05, 4.69) is 14.9 Å². The highest BCUT2D eigenvalue weighted by Crippen LogP contribution is 2.50. The summed E-state index contributed by atoms with van der Waals surface area (Å²) in [7, 11) is 0. The molecular weight excluding hydrogens is 336 g/mol. The van der Waals surface area contributed by atoms with Crippen molar-refractivity contribution in [2.45, 2.75) is 31.9 Å². The number of aromatic nitrogens is 3. The van der Waals surface area contributed by atoms with E-state index in [1.54, 1.807) is 0 Å². The summed E-state index contributed by atoms with van der Waals surface area (Å²) >= 11 is 0. The third kappa shape index (κ3) is 2.91. The van der Waals surface area contributed by atoms with Crippen LogP contribution in [0.2, 0.25) is 0 Å². The first kappa shape index (κ1) is 16.8. The Morgan fingerprint density at radius 1 is 1.07 bits per heavy atom. The Kier molecular flexibility index (Phi) is 3.95. The van der Waals surface area contributed by atoms with Crippen molar-refractivity contribution < 1.29 is 5.11 Å². The second-order valence-corrected chi connectivity index (χ2v) is 8.09. The maximum Gasteiger partial charge on any atom is 0.111 e. The number of nitrogens with zero attached hydrogens (tertiary/aromatic N) is 4. The van der Waals surface area contributed by atoms with Crippen molar-refractivity contribution in [3.8, 4) is 0 Å². The average molecular weight is 360 g/mol. The Labute approximate surface area is 159 Å². The highest BCUT2D eigenvalue weighted by molar-refractivity contribution is 5.73. The molecule has 5 nitrogen and oxygen atoms in total. The molecule has 0 radical (unpaired) electrons. The first-order chi connectivity index (χ1) is 13.1. The predicted molar refractivity (Wildman–Crippen MR) is 104 cm³/mol. The van der Waals surface area contributed by atoms with Crippen LogP contribution in [0.3, 0.4) is 0 Å². The first-order valence-corrected chi connectivity index (χ1v) is 9.70. The number of likely N-dealkylation sites (tertiary alicyclic amines) is 1. The van der Waals surface area contributed by atoms with Crippen molar-refractivity contribution in [1.29, 1.82) is 0 Å². The van der Waals surface area contributed by atoms with Gasteiger partial charge in [0.25, 0.3) is 0 Å². The second-order valence-electron chi connectivity index (χ2n) is 8.09. The van der Waals surface area contributed by atoms with E-state index in [0.717, 1.165) is 60.5 Å². The van der Waals surface area contributed by atoms with E-state index < -0.39 is 5.60 Å². The van der Waals surface area contributed by atoms with E-state index in [9.17, 15) is 5.11 Å². The van der Waals surface area contributed by atoms with E-state index in [1.165, 1.54) is 0 Å². The van der Waals surface area contributed by atoms with Gasteiger partial charge in [-0.3, -0.25) is 14.9 Å². The third-order valence-corrected chi connectivity index (χ3v) is 6.27. The SMILES string of the molecule is Cc1ccc(C2(O)CCC3CN(Cc4cnc5ccccc5n4)CC32)nc1. The second kappa shape index (κ2) is 6.36. The number of aliphatic hydroxyl groups is 1. The summed E-state index contributed by atoms with van der Waals surface area (Å²) in [4.78, 5) is 16.2. The maximum absolute atomic E-state index is 11.4.